The maximum atomic E-state index is 5.52. The smallest absolute Gasteiger partial charge is 0.204 e. The second-order valence-corrected chi connectivity index (χ2v) is 5.19. The van der Waals surface area contributed by atoms with E-state index < -0.39 is 0 Å². The van der Waals surface area contributed by atoms with Crippen molar-refractivity contribution < 1.29 is 23.5 Å². The first-order valence-corrected chi connectivity index (χ1v) is 7.62. The number of methoxy groups -OCH3 is 4. The van der Waals surface area contributed by atoms with Crippen LogP contribution in [0.25, 0.3) is 22.6 Å². The average molecular weight is 341 g/mol. The molecule has 3 rings (SSSR count). The molecule has 0 radical (unpaired) electrons. The van der Waals surface area contributed by atoms with Gasteiger partial charge < -0.3 is 23.5 Å². The Labute approximate surface area is 145 Å². The van der Waals surface area contributed by atoms with E-state index in [1.165, 1.54) is 0 Å². The van der Waals surface area contributed by atoms with Crippen molar-refractivity contribution in [2.75, 3.05) is 28.4 Å². The van der Waals surface area contributed by atoms with E-state index in [2.05, 4.69) is 5.16 Å². The van der Waals surface area contributed by atoms with Crippen molar-refractivity contribution in [2.24, 2.45) is 0 Å². The fraction of sp³-hybridized carbons (Fsp3) is 0.211. The molecule has 2 aromatic carbocycles. The number of aromatic nitrogens is 1. The maximum absolute atomic E-state index is 5.52. The molecular formula is C19H19NO5. The summed E-state index contributed by atoms with van der Waals surface area (Å²) in [7, 11) is 6.34. The first-order valence-electron chi connectivity index (χ1n) is 7.62. The quantitative estimate of drug-likeness (QED) is 0.674. The van der Waals surface area contributed by atoms with Gasteiger partial charge in [0.15, 0.2) is 17.3 Å². The molecule has 0 fully saturated rings. The molecule has 0 spiro atoms. The molecule has 3 aromatic rings. The van der Waals surface area contributed by atoms with Crippen LogP contribution < -0.4 is 18.9 Å². The minimum Gasteiger partial charge on any atom is -0.497 e. The minimum atomic E-state index is 0.505. The lowest BCUT2D eigenvalue weighted by Crippen LogP contribution is -1.96. The maximum Gasteiger partial charge on any atom is 0.204 e. The molecule has 130 valence electrons. The highest BCUT2D eigenvalue weighted by molar-refractivity contribution is 5.75. The fourth-order valence-corrected chi connectivity index (χ4v) is 2.60. The van der Waals surface area contributed by atoms with E-state index >= 15 is 0 Å². The fourth-order valence-electron chi connectivity index (χ4n) is 2.60. The lowest BCUT2D eigenvalue weighted by Gasteiger charge is -2.14. The molecule has 25 heavy (non-hydrogen) atoms. The Morgan fingerprint density at radius 2 is 1.48 bits per heavy atom. The highest BCUT2D eigenvalue weighted by atomic mass is 16.5. The number of nitrogens with zero attached hydrogens (tertiary/aromatic N) is 1. The Hall–Kier alpha value is -3.15. The zero-order valence-corrected chi connectivity index (χ0v) is 14.5. The Kier molecular flexibility index (Phi) is 4.79. The molecule has 0 saturated carbocycles. The van der Waals surface area contributed by atoms with Crippen molar-refractivity contribution >= 4 is 0 Å². The van der Waals surface area contributed by atoms with Gasteiger partial charge in [0.25, 0.3) is 0 Å². The van der Waals surface area contributed by atoms with Crippen LogP contribution in [0.3, 0.4) is 0 Å². The van der Waals surface area contributed by atoms with Crippen LogP contribution >= 0.6 is 0 Å². The van der Waals surface area contributed by atoms with Gasteiger partial charge in [-0.1, -0.05) is 5.16 Å². The van der Waals surface area contributed by atoms with Crippen LogP contribution in [0.4, 0.5) is 0 Å². The topological polar surface area (TPSA) is 63.0 Å². The highest BCUT2D eigenvalue weighted by Crippen LogP contribution is 2.44. The third-order valence-corrected chi connectivity index (χ3v) is 3.87. The van der Waals surface area contributed by atoms with E-state index in [-0.39, 0.29) is 0 Å². The molecule has 0 bridgehead atoms. The second-order valence-electron chi connectivity index (χ2n) is 5.19. The lowest BCUT2D eigenvalue weighted by molar-refractivity contribution is 0.324. The van der Waals surface area contributed by atoms with Gasteiger partial charge in [0.2, 0.25) is 5.75 Å². The van der Waals surface area contributed by atoms with Gasteiger partial charge in [0.05, 0.1) is 34.0 Å². The van der Waals surface area contributed by atoms with Gasteiger partial charge in [-0.05, 0) is 36.4 Å². The summed E-state index contributed by atoms with van der Waals surface area (Å²) < 4.78 is 26.9. The van der Waals surface area contributed by atoms with E-state index in [0.29, 0.717) is 23.0 Å². The summed E-state index contributed by atoms with van der Waals surface area (Å²) in [6.45, 7) is 0. The van der Waals surface area contributed by atoms with Crippen molar-refractivity contribution in [3.05, 3.63) is 42.5 Å². The summed E-state index contributed by atoms with van der Waals surface area (Å²) in [5, 5.41) is 4.15. The van der Waals surface area contributed by atoms with Gasteiger partial charge in [0, 0.05) is 11.6 Å². The van der Waals surface area contributed by atoms with Gasteiger partial charge in [-0.25, -0.2) is 0 Å². The molecule has 0 unspecified atom stereocenters. The zero-order chi connectivity index (χ0) is 17.8. The largest absolute Gasteiger partial charge is 0.497 e. The van der Waals surface area contributed by atoms with Crippen LogP contribution in [0.2, 0.25) is 0 Å². The van der Waals surface area contributed by atoms with Crippen LogP contribution in [0.15, 0.2) is 47.0 Å². The van der Waals surface area contributed by atoms with Gasteiger partial charge in [0.1, 0.15) is 11.4 Å². The summed E-state index contributed by atoms with van der Waals surface area (Å²) in [6, 6.07) is 13.1. The Morgan fingerprint density at radius 3 is 2.08 bits per heavy atom. The molecule has 0 aliphatic rings. The van der Waals surface area contributed by atoms with E-state index in [1.54, 1.807) is 34.5 Å². The molecule has 1 aromatic heterocycles. The predicted molar refractivity (Wildman–Crippen MR) is 93.6 cm³/mol. The monoisotopic (exact) mass is 341 g/mol. The zero-order valence-electron chi connectivity index (χ0n) is 14.5. The van der Waals surface area contributed by atoms with Crippen molar-refractivity contribution in [1.82, 2.24) is 5.16 Å². The van der Waals surface area contributed by atoms with Crippen LogP contribution in [0.5, 0.6) is 23.0 Å². The summed E-state index contributed by atoms with van der Waals surface area (Å²) in [5.74, 6) is 2.97. The third kappa shape index (κ3) is 3.10. The molecule has 0 atom stereocenters. The van der Waals surface area contributed by atoms with Gasteiger partial charge in [-0.2, -0.15) is 0 Å². The molecule has 6 nitrogen and oxygen atoms in total. The number of hydrogen-bond acceptors (Lipinski definition) is 6. The number of ether oxygens (including phenoxy) is 4. The molecule has 0 saturated heterocycles. The molecule has 0 aliphatic heterocycles. The van der Waals surface area contributed by atoms with Gasteiger partial charge >= 0.3 is 0 Å². The van der Waals surface area contributed by atoms with Crippen molar-refractivity contribution in [2.45, 2.75) is 0 Å². The SMILES string of the molecule is COc1ccc(-c2cc(-c3ccc(OC)c(OC)c3OC)on2)cc1. The predicted octanol–water partition coefficient (Wildman–Crippen LogP) is 4.04. The average Bonchev–Trinajstić information content (AvgIpc) is 3.16. The second kappa shape index (κ2) is 7.17. The Morgan fingerprint density at radius 1 is 0.760 bits per heavy atom. The van der Waals surface area contributed by atoms with Gasteiger partial charge in [-0.3, -0.25) is 0 Å². The normalized spacial score (nSPS) is 10.4. The van der Waals surface area contributed by atoms with Crippen molar-refractivity contribution in [3.63, 3.8) is 0 Å². The van der Waals surface area contributed by atoms with Crippen LogP contribution in [0, 0.1) is 0 Å². The Bertz CT molecular complexity index is 855. The summed E-state index contributed by atoms with van der Waals surface area (Å²) in [6.07, 6.45) is 0. The van der Waals surface area contributed by atoms with E-state index in [0.717, 1.165) is 22.6 Å². The molecular weight excluding hydrogens is 322 g/mol. The third-order valence-electron chi connectivity index (χ3n) is 3.87. The first kappa shape index (κ1) is 16.7. The molecule has 0 amide bonds. The van der Waals surface area contributed by atoms with Crippen LogP contribution in [-0.2, 0) is 0 Å². The van der Waals surface area contributed by atoms with Crippen molar-refractivity contribution in [3.8, 4) is 45.6 Å². The number of rotatable bonds is 6. The highest BCUT2D eigenvalue weighted by Gasteiger charge is 2.20. The summed E-state index contributed by atoms with van der Waals surface area (Å²) in [4.78, 5) is 0. The summed E-state index contributed by atoms with van der Waals surface area (Å²) >= 11 is 0. The van der Waals surface area contributed by atoms with E-state index in [1.807, 2.05) is 36.4 Å². The van der Waals surface area contributed by atoms with Gasteiger partial charge in [-0.15, -0.1) is 0 Å². The van der Waals surface area contributed by atoms with Crippen molar-refractivity contribution in [1.29, 1.82) is 0 Å². The standard InChI is InChI=1S/C19H19NO5/c1-21-13-7-5-12(6-8-13)15-11-17(25-20-15)14-9-10-16(22-2)19(24-4)18(14)23-3/h5-11H,1-4H3. The first-order chi connectivity index (χ1) is 12.2. The molecule has 0 aliphatic carbocycles. The van der Waals surface area contributed by atoms with E-state index in [4.69, 9.17) is 23.5 Å². The molecule has 0 N–H and O–H groups in total. The molecule has 6 heteroatoms. The van der Waals surface area contributed by atoms with Crippen LogP contribution in [-0.4, -0.2) is 33.6 Å². The van der Waals surface area contributed by atoms with E-state index in [9.17, 15) is 0 Å². The lowest BCUT2D eigenvalue weighted by atomic mass is 10.1. The van der Waals surface area contributed by atoms with Crippen LogP contribution in [0.1, 0.15) is 0 Å². The summed E-state index contributed by atoms with van der Waals surface area (Å²) in [5.41, 5.74) is 2.37. The number of benzene rings is 2. The number of hydrogen-bond donors (Lipinski definition) is 0. The minimum absolute atomic E-state index is 0.505. The molecule has 1 heterocycles. The Balaban J connectivity index is 2.02.